The zero-order chi connectivity index (χ0) is 18.1. The number of hydrogen-bond acceptors (Lipinski definition) is 3. The number of nitrogens with zero attached hydrogens (tertiary/aromatic N) is 2. The first-order valence-corrected chi connectivity index (χ1v) is 8.81. The van der Waals surface area contributed by atoms with Gasteiger partial charge in [-0.2, -0.15) is 0 Å². The normalized spacial score (nSPS) is 13.6. The number of amides is 2. The van der Waals surface area contributed by atoms with Crippen molar-refractivity contribution in [2.24, 2.45) is 0 Å². The maximum atomic E-state index is 12.7. The van der Waals surface area contributed by atoms with Gasteiger partial charge in [-0.25, -0.2) is 4.98 Å². The van der Waals surface area contributed by atoms with Crippen LogP contribution in [0.25, 0.3) is 5.52 Å². The van der Waals surface area contributed by atoms with E-state index in [9.17, 15) is 9.59 Å². The summed E-state index contributed by atoms with van der Waals surface area (Å²) in [6.45, 7) is 0.286. The highest BCUT2D eigenvalue weighted by Gasteiger charge is 2.27. The molecule has 26 heavy (non-hydrogen) atoms. The van der Waals surface area contributed by atoms with Crippen LogP contribution < -0.4 is 10.6 Å². The zero-order valence-corrected chi connectivity index (χ0v) is 14.7. The topological polar surface area (TPSA) is 75.5 Å². The third-order valence-electron chi connectivity index (χ3n) is 4.28. The fourth-order valence-electron chi connectivity index (χ4n) is 2.74. The van der Waals surface area contributed by atoms with Gasteiger partial charge in [0.15, 0.2) is 5.69 Å². The van der Waals surface area contributed by atoms with E-state index in [-0.39, 0.29) is 35.9 Å². The summed E-state index contributed by atoms with van der Waals surface area (Å²) >= 11 is 6.12. The molecule has 1 aromatic carbocycles. The van der Waals surface area contributed by atoms with Gasteiger partial charge in [-0.1, -0.05) is 35.9 Å². The van der Waals surface area contributed by atoms with Crippen molar-refractivity contribution in [1.82, 2.24) is 20.0 Å². The van der Waals surface area contributed by atoms with Gasteiger partial charge in [-0.05, 0) is 36.6 Å². The largest absolute Gasteiger partial charge is 0.347 e. The van der Waals surface area contributed by atoms with E-state index in [1.165, 1.54) is 0 Å². The van der Waals surface area contributed by atoms with E-state index >= 15 is 0 Å². The summed E-state index contributed by atoms with van der Waals surface area (Å²) in [5.41, 5.74) is 1.63. The minimum absolute atomic E-state index is 0.218. The van der Waals surface area contributed by atoms with E-state index in [1.807, 2.05) is 24.3 Å². The van der Waals surface area contributed by atoms with Crippen molar-refractivity contribution < 1.29 is 9.59 Å². The van der Waals surface area contributed by atoms with Gasteiger partial charge < -0.3 is 10.6 Å². The van der Waals surface area contributed by atoms with Crippen LogP contribution in [0.15, 0.2) is 48.7 Å². The van der Waals surface area contributed by atoms with Crippen molar-refractivity contribution in [2.75, 3.05) is 0 Å². The second kappa shape index (κ2) is 6.80. The molecule has 2 N–H and O–H groups in total. The maximum Gasteiger partial charge on any atom is 0.287 e. The number of nitrogens with one attached hydrogen (secondary N) is 2. The van der Waals surface area contributed by atoms with Gasteiger partial charge in [0.25, 0.3) is 11.8 Å². The Morgan fingerprint density at radius 2 is 1.88 bits per heavy atom. The number of imidazole rings is 1. The van der Waals surface area contributed by atoms with Crippen LogP contribution in [0, 0.1) is 0 Å². The molecule has 7 heteroatoms. The number of hydrogen-bond donors (Lipinski definition) is 2. The molecule has 1 aliphatic carbocycles. The molecule has 0 spiro atoms. The summed E-state index contributed by atoms with van der Waals surface area (Å²) in [5.74, 6) is -0.395. The van der Waals surface area contributed by atoms with Gasteiger partial charge in [0.2, 0.25) is 5.82 Å². The SMILES string of the molecule is O=C(NCc1ccccc1Cl)c1nc(C(=O)NC2CC2)n2ccccc12. The van der Waals surface area contributed by atoms with Gasteiger partial charge in [0, 0.05) is 23.8 Å². The first-order chi connectivity index (χ1) is 12.6. The number of pyridine rings is 1. The lowest BCUT2D eigenvalue weighted by Crippen LogP contribution is -2.27. The van der Waals surface area contributed by atoms with Gasteiger partial charge >= 0.3 is 0 Å². The lowest BCUT2D eigenvalue weighted by Gasteiger charge is -2.05. The maximum absolute atomic E-state index is 12.7. The van der Waals surface area contributed by atoms with E-state index in [0.29, 0.717) is 10.5 Å². The Balaban J connectivity index is 1.60. The van der Waals surface area contributed by atoms with Crippen molar-refractivity contribution in [3.05, 3.63) is 70.8 Å². The first-order valence-electron chi connectivity index (χ1n) is 8.43. The molecule has 1 saturated carbocycles. The molecule has 4 rings (SSSR count). The molecule has 0 radical (unpaired) electrons. The smallest absolute Gasteiger partial charge is 0.287 e. The average molecular weight is 369 g/mol. The Morgan fingerprint density at radius 3 is 2.65 bits per heavy atom. The molecule has 2 heterocycles. The summed E-state index contributed by atoms with van der Waals surface area (Å²) in [6.07, 6.45) is 3.70. The van der Waals surface area contributed by atoms with Crippen LogP contribution in [0.5, 0.6) is 0 Å². The third-order valence-corrected chi connectivity index (χ3v) is 4.65. The lowest BCUT2D eigenvalue weighted by molar-refractivity contribution is 0.0940. The van der Waals surface area contributed by atoms with Gasteiger partial charge in [-0.3, -0.25) is 14.0 Å². The lowest BCUT2D eigenvalue weighted by atomic mass is 10.2. The molecule has 0 atom stereocenters. The highest BCUT2D eigenvalue weighted by atomic mass is 35.5. The summed E-state index contributed by atoms with van der Waals surface area (Å²) in [5, 5.41) is 6.32. The summed E-state index contributed by atoms with van der Waals surface area (Å²) in [6, 6.07) is 12.9. The predicted octanol–water partition coefficient (Wildman–Crippen LogP) is 2.81. The fourth-order valence-corrected chi connectivity index (χ4v) is 2.95. The monoisotopic (exact) mass is 368 g/mol. The Labute approximate surface area is 155 Å². The summed E-state index contributed by atoms with van der Waals surface area (Å²) < 4.78 is 1.64. The summed E-state index contributed by atoms with van der Waals surface area (Å²) in [4.78, 5) is 29.4. The number of aromatic nitrogens is 2. The quantitative estimate of drug-likeness (QED) is 0.727. The van der Waals surface area contributed by atoms with Crippen LogP contribution in [0.3, 0.4) is 0 Å². The number of halogens is 1. The second-order valence-electron chi connectivity index (χ2n) is 6.26. The molecule has 3 aromatic rings. The van der Waals surface area contributed by atoms with Crippen LogP contribution in [0.1, 0.15) is 39.5 Å². The van der Waals surface area contributed by atoms with Gasteiger partial charge in [0.1, 0.15) is 0 Å². The molecule has 6 nitrogen and oxygen atoms in total. The number of fused-ring (bicyclic) bond motifs is 1. The molecule has 2 aromatic heterocycles. The third kappa shape index (κ3) is 3.28. The van der Waals surface area contributed by atoms with Crippen molar-refractivity contribution in [2.45, 2.75) is 25.4 Å². The van der Waals surface area contributed by atoms with Crippen molar-refractivity contribution >= 4 is 28.9 Å². The first kappa shape index (κ1) is 16.6. The van der Waals surface area contributed by atoms with Crippen molar-refractivity contribution in [1.29, 1.82) is 0 Å². The Kier molecular flexibility index (Phi) is 4.34. The molecule has 0 saturated heterocycles. The molecule has 2 amide bonds. The molecule has 0 unspecified atom stereocenters. The highest BCUT2D eigenvalue weighted by molar-refractivity contribution is 6.31. The second-order valence-corrected chi connectivity index (χ2v) is 6.67. The van der Waals surface area contributed by atoms with E-state index in [4.69, 9.17) is 11.6 Å². The van der Waals surface area contributed by atoms with Crippen LogP contribution in [-0.4, -0.2) is 27.2 Å². The minimum Gasteiger partial charge on any atom is -0.347 e. The van der Waals surface area contributed by atoms with Crippen LogP contribution in [-0.2, 0) is 6.54 Å². The van der Waals surface area contributed by atoms with E-state index in [0.717, 1.165) is 18.4 Å². The minimum atomic E-state index is -0.348. The number of carbonyl (C=O) groups excluding carboxylic acids is 2. The molecule has 0 bridgehead atoms. The number of benzene rings is 1. The van der Waals surface area contributed by atoms with Crippen LogP contribution in [0.2, 0.25) is 5.02 Å². The molecular weight excluding hydrogens is 352 g/mol. The average Bonchev–Trinajstić information content (AvgIpc) is 3.37. The van der Waals surface area contributed by atoms with E-state index < -0.39 is 0 Å². The predicted molar refractivity (Wildman–Crippen MR) is 98.3 cm³/mol. The Morgan fingerprint density at radius 1 is 1.12 bits per heavy atom. The number of rotatable bonds is 5. The number of carbonyl (C=O) groups is 2. The molecular formula is C19H17ClN4O2. The molecule has 132 valence electrons. The van der Waals surface area contributed by atoms with Crippen molar-refractivity contribution in [3.8, 4) is 0 Å². The zero-order valence-electron chi connectivity index (χ0n) is 13.9. The van der Waals surface area contributed by atoms with E-state index in [2.05, 4.69) is 15.6 Å². The van der Waals surface area contributed by atoms with Crippen molar-refractivity contribution in [3.63, 3.8) is 0 Å². The molecule has 0 aliphatic heterocycles. The molecule has 1 fully saturated rings. The van der Waals surface area contributed by atoms with Crippen LogP contribution in [0.4, 0.5) is 0 Å². The molecule has 1 aliphatic rings. The van der Waals surface area contributed by atoms with Gasteiger partial charge in [-0.15, -0.1) is 0 Å². The summed E-state index contributed by atoms with van der Waals surface area (Å²) in [7, 11) is 0. The Hall–Kier alpha value is -2.86. The standard InChI is InChI=1S/C19H17ClN4O2/c20-14-6-2-1-5-12(14)11-21-18(25)16-15-7-3-4-10-24(15)17(23-16)19(26)22-13-8-9-13/h1-7,10,13H,8-9,11H2,(H,21,25)(H,22,26). The Bertz CT molecular complexity index is 994. The fraction of sp³-hybridized carbons (Fsp3) is 0.211. The van der Waals surface area contributed by atoms with Crippen LogP contribution >= 0.6 is 11.6 Å². The van der Waals surface area contributed by atoms with Gasteiger partial charge in [0.05, 0.1) is 5.52 Å². The highest BCUT2D eigenvalue weighted by Crippen LogP contribution is 2.20. The van der Waals surface area contributed by atoms with E-state index in [1.54, 1.807) is 28.8 Å².